The minimum Gasteiger partial charge on any atom is -0.381 e. The van der Waals surface area contributed by atoms with Crippen LogP contribution in [-0.4, -0.2) is 55.1 Å². The van der Waals surface area contributed by atoms with Crippen LogP contribution < -0.4 is 0 Å². The van der Waals surface area contributed by atoms with Gasteiger partial charge in [-0.1, -0.05) is 12.1 Å². The normalized spacial score (nSPS) is 20.1. The molecule has 31 heavy (non-hydrogen) atoms. The van der Waals surface area contributed by atoms with Crippen molar-refractivity contribution in [3.05, 3.63) is 54.2 Å². The minimum absolute atomic E-state index is 0.0158. The summed E-state index contributed by atoms with van der Waals surface area (Å²) in [5, 5.41) is 0. The summed E-state index contributed by atoms with van der Waals surface area (Å²) in [6.07, 6.45) is 7.31. The van der Waals surface area contributed by atoms with Crippen LogP contribution >= 0.6 is 0 Å². The molecule has 8 nitrogen and oxygen atoms in total. The number of para-hydroxylation sites is 2. The number of fused-ring (bicyclic) bond motifs is 2. The maximum atomic E-state index is 13.4. The Hall–Kier alpha value is -3.26. The van der Waals surface area contributed by atoms with Gasteiger partial charge in [0.05, 0.1) is 29.0 Å². The van der Waals surface area contributed by atoms with Crippen LogP contribution in [0.5, 0.6) is 0 Å². The van der Waals surface area contributed by atoms with Crippen LogP contribution in [0.1, 0.15) is 53.9 Å². The molecule has 1 unspecified atom stereocenters. The highest BCUT2D eigenvalue weighted by Crippen LogP contribution is 2.33. The van der Waals surface area contributed by atoms with Crippen LogP contribution in [0.3, 0.4) is 0 Å². The molecule has 2 aliphatic heterocycles. The molecule has 0 radical (unpaired) electrons. The number of carbonyl (C=O) groups is 1. The van der Waals surface area contributed by atoms with Gasteiger partial charge in [-0.25, -0.2) is 15.0 Å². The van der Waals surface area contributed by atoms with Crippen molar-refractivity contribution in [3.8, 4) is 0 Å². The summed E-state index contributed by atoms with van der Waals surface area (Å²) < 4.78 is 7.60. The number of rotatable bonds is 3. The predicted molar refractivity (Wildman–Crippen MR) is 116 cm³/mol. The van der Waals surface area contributed by atoms with Crippen LogP contribution in [-0.2, 0) is 4.74 Å². The second-order valence-electron chi connectivity index (χ2n) is 8.36. The fourth-order valence-corrected chi connectivity index (χ4v) is 4.86. The number of amides is 1. The second-order valence-corrected chi connectivity index (χ2v) is 8.36. The molecule has 1 N–H and O–H groups in total. The van der Waals surface area contributed by atoms with Gasteiger partial charge in [0.15, 0.2) is 5.65 Å². The third-order valence-corrected chi connectivity index (χ3v) is 6.48. The standard InChI is InChI=1S/C23H24N6O2/c30-23(28-9-3-6-20(28)21-26-17-4-1-2-5-18(17)27-21)15-12-19-22(24-13-15)29(14-25-19)16-7-10-31-11-8-16/h1-2,4-5,12-14,16,20H,3,6-11H2,(H,26,27). The number of likely N-dealkylation sites (tertiary alicyclic amines) is 1. The zero-order valence-corrected chi connectivity index (χ0v) is 17.2. The molecule has 5 heterocycles. The lowest BCUT2D eigenvalue weighted by molar-refractivity contribution is 0.0704. The van der Waals surface area contributed by atoms with Crippen molar-refractivity contribution in [1.29, 1.82) is 0 Å². The topological polar surface area (TPSA) is 88.9 Å². The van der Waals surface area contributed by atoms with E-state index >= 15 is 0 Å². The van der Waals surface area contributed by atoms with Crippen molar-refractivity contribution >= 4 is 28.1 Å². The average Bonchev–Trinajstić information content (AvgIpc) is 3.56. The Labute approximate surface area is 179 Å². The van der Waals surface area contributed by atoms with Crippen molar-refractivity contribution in [3.63, 3.8) is 0 Å². The summed E-state index contributed by atoms with van der Waals surface area (Å²) >= 11 is 0. The molecular weight excluding hydrogens is 392 g/mol. The van der Waals surface area contributed by atoms with Gasteiger partial charge in [0.1, 0.15) is 11.3 Å². The Morgan fingerprint density at radius 3 is 2.84 bits per heavy atom. The van der Waals surface area contributed by atoms with Gasteiger partial charge < -0.3 is 19.2 Å². The molecule has 0 bridgehead atoms. The maximum Gasteiger partial charge on any atom is 0.256 e. The van der Waals surface area contributed by atoms with E-state index in [-0.39, 0.29) is 11.9 Å². The summed E-state index contributed by atoms with van der Waals surface area (Å²) in [4.78, 5) is 32.6. The number of carbonyl (C=O) groups excluding carboxylic acids is 1. The van der Waals surface area contributed by atoms with Crippen LogP contribution in [0.25, 0.3) is 22.2 Å². The summed E-state index contributed by atoms with van der Waals surface area (Å²) in [5.41, 5.74) is 4.10. The van der Waals surface area contributed by atoms with Gasteiger partial charge in [0.2, 0.25) is 0 Å². The lowest BCUT2D eigenvalue weighted by atomic mass is 10.1. The number of benzene rings is 1. The molecule has 2 aliphatic rings. The van der Waals surface area contributed by atoms with E-state index in [1.807, 2.05) is 41.6 Å². The van der Waals surface area contributed by atoms with Gasteiger partial charge in [-0.15, -0.1) is 0 Å². The smallest absolute Gasteiger partial charge is 0.256 e. The Balaban J connectivity index is 1.29. The number of aromatic amines is 1. The first-order chi connectivity index (χ1) is 15.3. The molecule has 3 aromatic heterocycles. The van der Waals surface area contributed by atoms with E-state index in [9.17, 15) is 4.79 Å². The van der Waals surface area contributed by atoms with Gasteiger partial charge in [-0.05, 0) is 43.9 Å². The lowest BCUT2D eigenvalue weighted by Crippen LogP contribution is -2.31. The van der Waals surface area contributed by atoms with Gasteiger partial charge in [0.25, 0.3) is 5.91 Å². The highest BCUT2D eigenvalue weighted by Gasteiger charge is 2.33. The fraction of sp³-hybridized carbons (Fsp3) is 0.391. The van der Waals surface area contributed by atoms with Crippen molar-refractivity contribution in [1.82, 2.24) is 29.4 Å². The van der Waals surface area contributed by atoms with Crippen molar-refractivity contribution in [2.24, 2.45) is 0 Å². The number of nitrogens with zero attached hydrogens (tertiary/aromatic N) is 5. The summed E-state index contributed by atoms with van der Waals surface area (Å²) in [6.45, 7) is 2.24. The van der Waals surface area contributed by atoms with Gasteiger partial charge in [-0.3, -0.25) is 4.79 Å². The van der Waals surface area contributed by atoms with Gasteiger partial charge >= 0.3 is 0 Å². The first-order valence-electron chi connectivity index (χ1n) is 10.9. The Morgan fingerprint density at radius 1 is 1.10 bits per heavy atom. The van der Waals surface area contributed by atoms with E-state index < -0.39 is 0 Å². The zero-order chi connectivity index (χ0) is 20.8. The van der Waals surface area contributed by atoms with Crippen LogP contribution in [0.2, 0.25) is 0 Å². The molecule has 4 aromatic rings. The fourth-order valence-electron chi connectivity index (χ4n) is 4.86. The molecule has 158 valence electrons. The van der Waals surface area contributed by atoms with Gasteiger partial charge in [0, 0.05) is 32.0 Å². The van der Waals surface area contributed by atoms with Crippen molar-refractivity contribution < 1.29 is 9.53 Å². The molecule has 6 rings (SSSR count). The number of nitrogens with one attached hydrogen (secondary N) is 1. The molecular formula is C23H24N6O2. The molecule has 0 saturated carbocycles. The van der Waals surface area contributed by atoms with Crippen molar-refractivity contribution in [2.75, 3.05) is 19.8 Å². The molecule has 1 amide bonds. The largest absolute Gasteiger partial charge is 0.381 e. The number of ether oxygens (including phenoxy) is 1. The van der Waals surface area contributed by atoms with E-state index in [0.717, 1.165) is 73.5 Å². The summed E-state index contributed by atoms with van der Waals surface area (Å²) in [5.74, 6) is 0.836. The third-order valence-electron chi connectivity index (χ3n) is 6.48. The molecule has 2 fully saturated rings. The zero-order valence-electron chi connectivity index (χ0n) is 17.2. The van der Waals surface area contributed by atoms with Crippen LogP contribution in [0.15, 0.2) is 42.9 Å². The number of hydrogen-bond acceptors (Lipinski definition) is 5. The molecule has 2 saturated heterocycles. The first kappa shape index (κ1) is 18.5. The predicted octanol–water partition coefficient (Wildman–Crippen LogP) is 3.64. The minimum atomic E-state index is -0.0459. The van der Waals surface area contributed by atoms with Gasteiger partial charge in [-0.2, -0.15) is 0 Å². The van der Waals surface area contributed by atoms with Crippen LogP contribution in [0, 0.1) is 0 Å². The van der Waals surface area contributed by atoms with Crippen molar-refractivity contribution in [2.45, 2.75) is 37.8 Å². The Bertz CT molecular complexity index is 1220. The highest BCUT2D eigenvalue weighted by atomic mass is 16.5. The monoisotopic (exact) mass is 416 g/mol. The highest BCUT2D eigenvalue weighted by molar-refractivity contribution is 5.96. The van der Waals surface area contributed by atoms with E-state index in [1.54, 1.807) is 6.20 Å². The SMILES string of the molecule is O=C(c1cnc2c(c1)ncn2C1CCOCC1)N1CCCC1c1nc2ccccc2[nH]1. The lowest BCUT2D eigenvalue weighted by Gasteiger charge is -2.24. The second kappa shape index (κ2) is 7.46. The quantitative estimate of drug-likeness (QED) is 0.551. The maximum absolute atomic E-state index is 13.4. The Kier molecular flexibility index (Phi) is 4.45. The summed E-state index contributed by atoms with van der Waals surface area (Å²) in [6, 6.07) is 10.1. The average molecular weight is 416 g/mol. The summed E-state index contributed by atoms with van der Waals surface area (Å²) in [7, 11) is 0. The molecule has 8 heteroatoms. The van der Waals surface area contributed by atoms with Crippen LogP contribution in [0.4, 0.5) is 0 Å². The molecule has 1 aromatic carbocycles. The number of pyridine rings is 1. The number of hydrogen-bond donors (Lipinski definition) is 1. The van der Waals surface area contributed by atoms with E-state index in [2.05, 4.69) is 19.5 Å². The van der Waals surface area contributed by atoms with E-state index in [4.69, 9.17) is 9.72 Å². The molecule has 0 spiro atoms. The van der Waals surface area contributed by atoms with E-state index in [1.165, 1.54) is 0 Å². The molecule has 1 atom stereocenters. The number of imidazole rings is 2. The molecule has 0 aliphatic carbocycles. The third kappa shape index (κ3) is 3.18. The number of aromatic nitrogens is 5. The Morgan fingerprint density at radius 2 is 1.97 bits per heavy atom. The number of H-pyrrole nitrogens is 1. The van der Waals surface area contributed by atoms with E-state index in [0.29, 0.717) is 11.6 Å². The first-order valence-corrected chi connectivity index (χ1v) is 10.9.